The first kappa shape index (κ1) is 17.1. The summed E-state index contributed by atoms with van der Waals surface area (Å²) in [7, 11) is -3.61. The zero-order valence-corrected chi connectivity index (χ0v) is 12.6. The van der Waals surface area contributed by atoms with E-state index in [-0.39, 0.29) is 6.54 Å². The summed E-state index contributed by atoms with van der Waals surface area (Å²) in [5, 5.41) is 17.4. The number of nitriles is 1. The van der Waals surface area contributed by atoms with Gasteiger partial charge in [0.25, 0.3) is 0 Å². The molecule has 1 rings (SSSR count). The van der Waals surface area contributed by atoms with Crippen LogP contribution in [0.15, 0.2) is 24.3 Å². The molecule has 0 fully saturated rings. The first-order valence-corrected chi connectivity index (χ1v) is 8.18. The number of hydrogen-bond acceptors (Lipinski definition) is 4. The van der Waals surface area contributed by atoms with E-state index in [2.05, 4.69) is 0 Å². The molecule has 1 aromatic carbocycles. The van der Waals surface area contributed by atoms with E-state index < -0.39 is 28.2 Å². The fourth-order valence-corrected chi connectivity index (χ4v) is 3.30. The molecule has 114 valence electrons. The highest BCUT2D eigenvalue weighted by Gasteiger charge is 2.22. The molecule has 0 aliphatic carbocycles. The molecular formula is C14H18N2O4S. The van der Waals surface area contributed by atoms with Crippen LogP contribution in [0.2, 0.25) is 0 Å². The molecule has 6 nitrogen and oxygen atoms in total. The van der Waals surface area contributed by atoms with E-state index in [1.54, 1.807) is 24.3 Å². The maximum absolute atomic E-state index is 12.2. The fourth-order valence-electron chi connectivity index (χ4n) is 1.80. The van der Waals surface area contributed by atoms with Crippen LogP contribution in [0.25, 0.3) is 0 Å². The van der Waals surface area contributed by atoms with Crippen molar-refractivity contribution in [2.45, 2.75) is 26.3 Å². The Bertz CT molecular complexity index is 617. The lowest BCUT2D eigenvalue weighted by molar-refractivity contribution is -0.136. The Labute approximate surface area is 124 Å². The molecule has 7 heteroatoms. The average Bonchev–Trinajstić information content (AvgIpc) is 2.45. The average molecular weight is 310 g/mol. The van der Waals surface area contributed by atoms with Crippen molar-refractivity contribution < 1.29 is 18.3 Å². The number of benzene rings is 1. The van der Waals surface area contributed by atoms with Crippen molar-refractivity contribution >= 4 is 16.0 Å². The molecule has 0 spiro atoms. The van der Waals surface area contributed by atoms with E-state index in [9.17, 15) is 13.2 Å². The SMILES string of the molecule is CCCN(Cc1ccc(C#N)cc1)S(=O)(=O)CCC(=O)O. The number of carbonyl (C=O) groups is 1. The lowest BCUT2D eigenvalue weighted by Crippen LogP contribution is -2.34. The van der Waals surface area contributed by atoms with Crippen LogP contribution in [-0.4, -0.2) is 36.1 Å². The van der Waals surface area contributed by atoms with Crippen molar-refractivity contribution in [3.8, 4) is 6.07 Å². The lowest BCUT2D eigenvalue weighted by atomic mass is 10.1. The normalized spacial score (nSPS) is 11.3. The highest BCUT2D eigenvalue weighted by atomic mass is 32.2. The van der Waals surface area contributed by atoms with Crippen molar-refractivity contribution in [3.63, 3.8) is 0 Å². The van der Waals surface area contributed by atoms with Crippen LogP contribution in [0, 0.1) is 11.3 Å². The molecule has 0 atom stereocenters. The molecule has 0 saturated carbocycles. The van der Waals surface area contributed by atoms with Crippen molar-refractivity contribution in [3.05, 3.63) is 35.4 Å². The van der Waals surface area contributed by atoms with Crippen LogP contribution >= 0.6 is 0 Å². The summed E-state index contributed by atoms with van der Waals surface area (Å²) in [6, 6.07) is 8.66. The van der Waals surface area contributed by atoms with Crippen molar-refractivity contribution in [2.24, 2.45) is 0 Å². The lowest BCUT2D eigenvalue weighted by Gasteiger charge is -2.21. The highest BCUT2D eigenvalue weighted by molar-refractivity contribution is 7.89. The minimum absolute atomic E-state index is 0.182. The van der Waals surface area contributed by atoms with Gasteiger partial charge in [0, 0.05) is 13.1 Å². The molecule has 0 aromatic heterocycles. The summed E-state index contributed by atoms with van der Waals surface area (Å²) in [6.07, 6.45) is 0.235. The third-order valence-corrected chi connectivity index (χ3v) is 4.70. The van der Waals surface area contributed by atoms with Crippen LogP contribution in [-0.2, 0) is 21.4 Å². The fraction of sp³-hybridized carbons (Fsp3) is 0.429. The van der Waals surface area contributed by atoms with Crippen LogP contribution in [0.5, 0.6) is 0 Å². The van der Waals surface area contributed by atoms with Crippen LogP contribution in [0.3, 0.4) is 0 Å². The first-order valence-electron chi connectivity index (χ1n) is 6.57. The van der Waals surface area contributed by atoms with Gasteiger partial charge in [0.1, 0.15) is 0 Å². The quantitative estimate of drug-likeness (QED) is 0.786. The van der Waals surface area contributed by atoms with Gasteiger partial charge in [0.2, 0.25) is 10.0 Å². The predicted octanol–water partition coefficient (Wildman–Crippen LogP) is 1.57. The van der Waals surface area contributed by atoms with Crippen LogP contribution in [0.1, 0.15) is 30.9 Å². The molecule has 0 aliphatic heterocycles. The molecular weight excluding hydrogens is 292 g/mol. The predicted molar refractivity (Wildman–Crippen MR) is 77.9 cm³/mol. The summed E-state index contributed by atoms with van der Waals surface area (Å²) in [5.74, 6) is -1.54. The largest absolute Gasteiger partial charge is 0.481 e. The molecule has 0 amide bonds. The van der Waals surface area contributed by atoms with Gasteiger partial charge in [-0.15, -0.1) is 0 Å². The second kappa shape index (κ2) is 7.76. The number of rotatable bonds is 8. The molecule has 0 bridgehead atoms. The number of nitrogens with zero attached hydrogens (tertiary/aromatic N) is 2. The number of carboxylic acids is 1. The Hall–Kier alpha value is -1.91. The Morgan fingerprint density at radius 2 is 1.95 bits per heavy atom. The van der Waals surface area contributed by atoms with Gasteiger partial charge in [-0.05, 0) is 24.1 Å². The van der Waals surface area contributed by atoms with Crippen molar-refractivity contribution in [1.29, 1.82) is 5.26 Å². The monoisotopic (exact) mass is 310 g/mol. The van der Waals surface area contributed by atoms with E-state index in [4.69, 9.17) is 10.4 Å². The van der Waals surface area contributed by atoms with E-state index >= 15 is 0 Å². The van der Waals surface area contributed by atoms with Gasteiger partial charge in [-0.2, -0.15) is 9.57 Å². The summed E-state index contributed by atoms with van der Waals surface area (Å²) < 4.78 is 25.6. The minimum Gasteiger partial charge on any atom is -0.481 e. The molecule has 0 heterocycles. The zero-order valence-electron chi connectivity index (χ0n) is 11.8. The Morgan fingerprint density at radius 1 is 1.33 bits per heavy atom. The van der Waals surface area contributed by atoms with Crippen molar-refractivity contribution in [1.82, 2.24) is 4.31 Å². The summed E-state index contributed by atoms with van der Waals surface area (Å²) >= 11 is 0. The molecule has 1 aromatic rings. The third kappa shape index (κ3) is 5.53. The summed E-state index contributed by atoms with van der Waals surface area (Å²) in [4.78, 5) is 10.5. The van der Waals surface area contributed by atoms with E-state index in [0.717, 1.165) is 5.56 Å². The number of aliphatic carboxylic acids is 1. The number of hydrogen-bond donors (Lipinski definition) is 1. The first-order chi connectivity index (χ1) is 9.89. The Morgan fingerprint density at radius 3 is 2.43 bits per heavy atom. The molecule has 0 unspecified atom stereocenters. The third-order valence-electron chi connectivity index (χ3n) is 2.88. The molecule has 1 N–H and O–H groups in total. The molecule has 0 aliphatic rings. The second-order valence-electron chi connectivity index (χ2n) is 4.60. The molecule has 0 radical (unpaired) electrons. The smallest absolute Gasteiger partial charge is 0.304 e. The van der Waals surface area contributed by atoms with E-state index in [0.29, 0.717) is 18.5 Å². The highest BCUT2D eigenvalue weighted by Crippen LogP contribution is 2.12. The second-order valence-corrected chi connectivity index (χ2v) is 6.69. The van der Waals surface area contributed by atoms with Gasteiger partial charge in [-0.25, -0.2) is 8.42 Å². The van der Waals surface area contributed by atoms with Gasteiger partial charge in [0.15, 0.2) is 0 Å². The number of sulfonamides is 1. The molecule has 21 heavy (non-hydrogen) atoms. The maximum atomic E-state index is 12.2. The van der Waals surface area contributed by atoms with Crippen LogP contribution < -0.4 is 0 Å². The van der Waals surface area contributed by atoms with E-state index in [1.807, 2.05) is 13.0 Å². The van der Waals surface area contributed by atoms with Gasteiger partial charge < -0.3 is 5.11 Å². The molecule has 0 saturated heterocycles. The summed E-state index contributed by atoms with van der Waals surface area (Å²) in [5.41, 5.74) is 1.27. The Kier molecular flexibility index (Phi) is 6.34. The maximum Gasteiger partial charge on any atom is 0.304 e. The topological polar surface area (TPSA) is 98.5 Å². The van der Waals surface area contributed by atoms with Gasteiger partial charge >= 0.3 is 5.97 Å². The van der Waals surface area contributed by atoms with Gasteiger partial charge in [-0.3, -0.25) is 4.79 Å². The zero-order chi connectivity index (χ0) is 15.9. The standard InChI is InChI=1S/C14H18N2O4S/c1-2-8-16(21(19,20)9-7-14(17)18)11-13-5-3-12(10-15)4-6-13/h3-6H,2,7-9,11H2,1H3,(H,17,18). The van der Waals surface area contributed by atoms with Gasteiger partial charge in [-0.1, -0.05) is 19.1 Å². The van der Waals surface area contributed by atoms with E-state index in [1.165, 1.54) is 4.31 Å². The Balaban J connectivity index is 2.85. The number of carboxylic acid groups (broad SMARTS) is 1. The summed E-state index contributed by atoms with van der Waals surface area (Å²) in [6.45, 7) is 2.38. The minimum atomic E-state index is -3.61. The van der Waals surface area contributed by atoms with Crippen LogP contribution in [0.4, 0.5) is 0 Å². The van der Waals surface area contributed by atoms with Gasteiger partial charge in [0.05, 0.1) is 23.8 Å². The van der Waals surface area contributed by atoms with Crippen molar-refractivity contribution in [2.75, 3.05) is 12.3 Å².